The number of aliphatic hydroxyl groups is 2. The van der Waals surface area contributed by atoms with Crippen LogP contribution in [-0.4, -0.2) is 29.4 Å². The molecular weight excluding hydrogens is 294 g/mol. The van der Waals surface area contributed by atoms with Gasteiger partial charge in [0.1, 0.15) is 0 Å². The van der Waals surface area contributed by atoms with Gasteiger partial charge in [-0.3, -0.25) is 0 Å². The Bertz CT molecular complexity index is 357. The molecule has 0 aliphatic rings. The highest BCUT2D eigenvalue weighted by Gasteiger charge is 2.15. The van der Waals surface area contributed by atoms with Gasteiger partial charge in [-0.1, -0.05) is 41.9 Å². The first kappa shape index (κ1) is 15.6. The van der Waals surface area contributed by atoms with E-state index in [9.17, 15) is 5.11 Å². The number of aliphatic hydroxyl groups excluding tert-OH is 2. The van der Waals surface area contributed by atoms with Crippen molar-refractivity contribution in [2.45, 2.75) is 32.4 Å². The third kappa shape index (κ3) is 5.06. The van der Waals surface area contributed by atoms with E-state index in [4.69, 9.17) is 5.11 Å². The molecule has 102 valence electrons. The van der Waals surface area contributed by atoms with Crippen LogP contribution in [0.15, 0.2) is 28.7 Å². The summed E-state index contributed by atoms with van der Waals surface area (Å²) in [6.07, 6.45) is 0.186. The van der Waals surface area contributed by atoms with Gasteiger partial charge in [0.2, 0.25) is 0 Å². The van der Waals surface area contributed by atoms with Crippen LogP contribution in [0.25, 0.3) is 0 Å². The zero-order chi connectivity index (χ0) is 13.5. The second kappa shape index (κ2) is 7.89. The third-order valence-corrected chi connectivity index (χ3v) is 3.54. The van der Waals surface area contributed by atoms with Crippen LogP contribution in [0.3, 0.4) is 0 Å². The Kier molecular flexibility index (Phi) is 6.86. The van der Waals surface area contributed by atoms with Crippen molar-refractivity contribution in [3.05, 3.63) is 34.3 Å². The van der Waals surface area contributed by atoms with Gasteiger partial charge >= 0.3 is 0 Å². The molecule has 0 aliphatic heterocycles. The summed E-state index contributed by atoms with van der Waals surface area (Å²) < 4.78 is 0.967. The van der Waals surface area contributed by atoms with Gasteiger partial charge < -0.3 is 15.5 Å². The summed E-state index contributed by atoms with van der Waals surface area (Å²) in [6.45, 7) is 4.89. The zero-order valence-corrected chi connectivity index (χ0v) is 12.5. The predicted molar refractivity (Wildman–Crippen MR) is 77.4 cm³/mol. The lowest BCUT2D eigenvalue weighted by Gasteiger charge is -2.23. The molecule has 18 heavy (non-hydrogen) atoms. The van der Waals surface area contributed by atoms with E-state index in [0.29, 0.717) is 18.9 Å². The molecule has 0 spiro atoms. The van der Waals surface area contributed by atoms with E-state index in [0.717, 1.165) is 10.0 Å². The Morgan fingerprint density at radius 1 is 1.33 bits per heavy atom. The lowest BCUT2D eigenvalue weighted by Crippen LogP contribution is -2.37. The van der Waals surface area contributed by atoms with Crippen molar-refractivity contribution < 1.29 is 10.2 Å². The number of hydrogen-bond acceptors (Lipinski definition) is 3. The van der Waals surface area contributed by atoms with Gasteiger partial charge in [-0.2, -0.15) is 0 Å². The van der Waals surface area contributed by atoms with E-state index >= 15 is 0 Å². The van der Waals surface area contributed by atoms with Crippen LogP contribution < -0.4 is 5.32 Å². The van der Waals surface area contributed by atoms with Crippen molar-refractivity contribution in [2.24, 2.45) is 5.92 Å². The molecule has 0 heterocycles. The van der Waals surface area contributed by atoms with Crippen LogP contribution in [0.1, 0.15) is 31.9 Å². The smallest absolute Gasteiger partial charge is 0.0914 e. The van der Waals surface area contributed by atoms with Gasteiger partial charge in [0.05, 0.1) is 6.10 Å². The molecule has 1 aromatic rings. The summed E-state index contributed by atoms with van der Waals surface area (Å²) in [5.74, 6) is 0.437. The van der Waals surface area contributed by atoms with Crippen LogP contribution in [0, 0.1) is 5.92 Å². The van der Waals surface area contributed by atoms with Crippen LogP contribution in [0.4, 0.5) is 0 Å². The average Bonchev–Trinajstić information content (AvgIpc) is 2.33. The molecule has 4 heteroatoms. The van der Waals surface area contributed by atoms with Crippen LogP contribution in [-0.2, 0) is 0 Å². The van der Waals surface area contributed by atoms with E-state index in [2.05, 4.69) is 35.1 Å². The molecule has 3 nitrogen and oxygen atoms in total. The maximum absolute atomic E-state index is 10.1. The molecular formula is C14H22BrNO2. The fraction of sp³-hybridized carbons (Fsp3) is 0.571. The normalized spacial score (nSPS) is 14.8. The molecule has 1 rings (SSSR count). The van der Waals surface area contributed by atoms with E-state index in [1.807, 2.05) is 24.3 Å². The van der Waals surface area contributed by atoms with Crippen molar-refractivity contribution >= 4 is 15.9 Å². The van der Waals surface area contributed by atoms with Gasteiger partial charge in [0, 0.05) is 23.7 Å². The predicted octanol–water partition coefficient (Wildman–Crippen LogP) is 2.48. The first-order chi connectivity index (χ1) is 8.54. The summed E-state index contributed by atoms with van der Waals surface area (Å²) >= 11 is 3.39. The van der Waals surface area contributed by atoms with Crippen molar-refractivity contribution in [3.8, 4) is 0 Å². The van der Waals surface area contributed by atoms with Crippen molar-refractivity contribution in [1.82, 2.24) is 5.32 Å². The molecule has 3 N–H and O–H groups in total. The summed E-state index contributed by atoms with van der Waals surface area (Å²) in [5, 5.41) is 22.4. The quantitative estimate of drug-likeness (QED) is 0.724. The van der Waals surface area contributed by atoms with E-state index in [-0.39, 0.29) is 12.6 Å². The number of hydrogen-bond donors (Lipinski definition) is 3. The summed E-state index contributed by atoms with van der Waals surface area (Å²) in [7, 11) is 0. The molecule has 0 fully saturated rings. The molecule has 0 bridgehead atoms. The van der Waals surface area contributed by atoms with Gasteiger partial charge in [-0.25, -0.2) is 0 Å². The molecule has 0 saturated carbocycles. The van der Waals surface area contributed by atoms with E-state index in [1.54, 1.807) is 0 Å². The van der Waals surface area contributed by atoms with Crippen molar-refractivity contribution in [3.63, 3.8) is 0 Å². The minimum absolute atomic E-state index is 0.169. The van der Waals surface area contributed by atoms with Crippen molar-refractivity contribution in [2.75, 3.05) is 13.2 Å². The van der Waals surface area contributed by atoms with Gasteiger partial charge in [0.25, 0.3) is 0 Å². The lowest BCUT2D eigenvalue weighted by molar-refractivity contribution is 0.159. The maximum atomic E-state index is 10.1. The molecule has 0 saturated heterocycles. The van der Waals surface area contributed by atoms with E-state index < -0.39 is 6.10 Å². The van der Waals surface area contributed by atoms with Gasteiger partial charge in [-0.05, 0) is 30.0 Å². The lowest BCUT2D eigenvalue weighted by atomic mass is 10.0. The fourth-order valence-electron chi connectivity index (χ4n) is 1.90. The molecule has 0 aromatic heterocycles. The summed E-state index contributed by atoms with van der Waals surface area (Å²) in [4.78, 5) is 0. The SMILES string of the molecule is CC(C)C(CCO)NCC(O)c1cccc(Br)c1. The minimum Gasteiger partial charge on any atom is -0.396 e. The van der Waals surface area contributed by atoms with Crippen LogP contribution in [0.2, 0.25) is 0 Å². The molecule has 0 radical (unpaired) electrons. The average molecular weight is 316 g/mol. The number of nitrogens with one attached hydrogen (secondary N) is 1. The highest BCUT2D eigenvalue weighted by atomic mass is 79.9. The standard InChI is InChI=1S/C14H22BrNO2/c1-10(2)13(6-7-17)16-9-14(18)11-4-3-5-12(15)8-11/h3-5,8,10,13-14,16-18H,6-7,9H2,1-2H3. The van der Waals surface area contributed by atoms with Crippen molar-refractivity contribution in [1.29, 1.82) is 0 Å². The number of halogens is 1. The summed E-state index contributed by atoms with van der Waals surface area (Å²) in [6, 6.07) is 7.91. The Labute approximate surface area is 117 Å². The number of benzene rings is 1. The monoisotopic (exact) mass is 315 g/mol. The molecule has 0 amide bonds. The van der Waals surface area contributed by atoms with Crippen LogP contribution in [0.5, 0.6) is 0 Å². The molecule has 2 unspecified atom stereocenters. The van der Waals surface area contributed by atoms with Crippen LogP contribution >= 0.6 is 15.9 Å². The third-order valence-electron chi connectivity index (χ3n) is 3.05. The second-order valence-corrected chi connectivity index (χ2v) is 5.76. The topological polar surface area (TPSA) is 52.5 Å². The Morgan fingerprint density at radius 2 is 2.06 bits per heavy atom. The highest BCUT2D eigenvalue weighted by molar-refractivity contribution is 9.10. The molecule has 0 aliphatic carbocycles. The Balaban J connectivity index is 2.51. The fourth-order valence-corrected chi connectivity index (χ4v) is 2.32. The Hall–Kier alpha value is -0.420. The zero-order valence-electron chi connectivity index (χ0n) is 10.9. The maximum Gasteiger partial charge on any atom is 0.0914 e. The van der Waals surface area contributed by atoms with Gasteiger partial charge in [0.15, 0.2) is 0 Å². The Morgan fingerprint density at radius 3 is 2.61 bits per heavy atom. The summed E-state index contributed by atoms with van der Waals surface area (Å²) in [5.41, 5.74) is 0.892. The first-order valence-corrected chi connectivity index (χ1v) is 7.11. The largest absolute Gasteiger partial charge is 0.396 e. The highest BCUT2D eigenvalue weighted by Crippen LogP contribution is 2.18. The molecule has 2 atom stereocenters. The minimum atomic E-state index is -0.526. The number of rotatable bonds is 7. The van der Waals surface area contributed by atoms with E-state index in [1.165, 1.54) is 0 Å². The molecule has 1 aromatic carbocycles. The van der Waals surface area contributed by atoms with Gasteiger partial charge in [-0.15, -0.1) is 0 Å². The first-order valence-electron chi connectivity index (χ1n) is 6.32. The second-order valence-electron chi connectivity index (χ2n) is 4.84.